The van der Waals surface area contributed by atoms with Crippen molar-refractivity contribution in [1.29, 1.82) is 0 Å². The number of amides is 2. The molecule has 0 unspecified atom stereocenters. The third kappa shape index (κ3) is 6.02. The number of anilines is 1. The van der Waals surface area contributed by atoms with Crippen LogP contribution in [0.3, 0.4) is 0 Å². The normalized spacial score (nSPS) is 14.7. The standard InChI is InChI=1S/C18H27N3O2/c1-15-6-8-16(9-7-15)19-17(22)14-18(23)20(2)10-5-13-21-11-3-4-12-21/h6-9H,3-5,10-14H2,1-2H3,(H,19,22). The van der Waals surface area contributed by atoms with Crippen molar-refractivity contribution < 1.29 is 9.59 Å². The van der Waals surface area contributed by atoms with Gasteiger partial charge >= 0.3 is 0 Å². The average Bonchev–Trinajstić information content (AvgIpc) is 3.02. The Morgan fingerprint density at radius 1 is 1.17 bits per heavy atom. The number of benzene rings is 1. The first-order valence-electron chi connectivity index (χ1n) is 8.37. The van der Waals surface area contributed by atoms with Crippen LogP contribution in [0.1, 0.15) is 31.2 Å². The predicted octanol–water partition coefficient (Wildman–Crippen LogP) is 2.27. The molecule has 1 aromatic rings. The molecule has 1 aliphatic rings. The molecule has 1 aromatic carbocycles. The molecule has 5 heteroatoms. The van der Waals surface area contributed by atoms with Gasteiger partial charge in [-0.05, 0) is 58.0 Å². The van der Waals surface area contributed by atoms with Crippen molar-refractivity contribution in [3.8, 4) is 0 Å². The van der Waals surface area contributed by atoms with E-state index in [1.165, 1.54) is 25.9 Å². The van der Waals surface area contributed by atoms with Gasteiger partial charge in [0.25, 0.3) is 0 Å². The summed E-state index contributed by atoms with van der Waals surface area (Å²) in [5.41, 5.74) is 1.86. The molecule has 1 saturated heterocycles. The van der Waals surface area contributed by atoms with Crippen LogP contribution < -0.4 is 5.32 Å². The van der Waals surface area contributed by atoms with E-state index >= 15 is 0 Å². The van der Waals surface area contributed by atoms with Gasteiger partial charge in [-0.25, -0.2) is 0 Å². The zero-order valence-electron chi connectivity index (χ0n) is 14.2. The van der Waals surface area contributed by atoms with E-state index < -0.39 is 0 Å². The van der Waals surface area contributed by atoms with E-state index in [4.69, 9.17) is 0 Å². The molecule has 1 N–H and O–H groups in total. The summed E-state index contributed by atoms with van der Waals surface area (Å²) in [7, 11) is 1.77. The Morgan fingerprint density at radius 3 is 2.48 bits per heavy atom. The molecule has 23 heavy (non-hydrogen) atoms. The lowest BCUT2D eigenvalue weighted by molar-refractivity contribution is -0.133. The van der Waals surface area contributed by atoms with Crippen LogP contribution in [-0.2, 0) is 9.59 Å². The first-order valence-corrected chi connectivity index (χ1v) is 8.37. The number of carbonyl (C=O) groups excluding carboxylic acids is 2. The van der Waals surface area contributed by atoms with Gasteiger partial charge in [-0.3, -0.25) is 9.59 Å². The van der Waals surface area contributed by atoms with Gasteiger partial charge in [0, 0.05) is 19.3 Å². The van der Waals surface area contributed by atoms with Crippen LogP contribution >= 0.6 is 0 Å². The van der Waals surface area contributed by atoms with Crippen molar-refractivity contribution in [2.75, 3.05) is 38.5 Å². The van der Waals surface area contributed by atoms with Gasteiger partial charge in [-0.1, -0.05) is 17.7 Å². The first kappa shape index (κ1) is 17.5. The minimum Gasteiger partial charge on any atom is -0.345 e. The largest absolute Gasteiger partial charge is 0.345 e. The Hall–Kier alpha value is -1.88. The fourth-order valence-corrected chi connectivity index (χ4v) is 2.78. The Morgan fingerprint density at radius 2 is 1.83 bits per heavy atom. The Bertz CT molecular complexity index is 522. The molecule has 1 heterocycles. The van der Waals surface area contributed by atoms with Crippen LogP contribution in [0.2, 0.25) is 0 Å². The summed E-state index contributed by atoms with van der Waals surface area (Å²) < 4.78 is 0. The molecule has 0 radical (unpaired) electrons. The smallest absolute Gasteiger partial charge is 0.233 e. The van der Waals surface area contributed by atoms with Crippen molar-refractivity contribution in [3.05, 3.63) is 29.8 Å². The van der Waals surface area contributed by atoms with Crippen LogP contribution in [0.5, 0.6) is 0 Å². The highest BCUT2D eigenvalue weighted by molar-refractivity contribution is 6.03. The van der Waals surface area contributed by atoms with Crippen LogP contribution in [-0.4, -0.2) is 54.8 Å². The topological polar surface area (TPSA) is 52.7 Å². The van der Waals surface area contributed by atoms with Gasteiger partial charge in [0.1, 0.15) is 6.42 Å². The molecule has 0 atom stereocenters. The molecule has 0 spiro atoms. The molecule has 1 fully saturated rings. The molecule has 0 saturated carbocycles. The maximum Gasteiger partial charge on any atom is 0.233 e. The number of nitrogens with one attached hydrogen (secondary N) is 1. The van der Waals surface area contributed by atoms with E-state index in [1.807, 2.05) is 31.2 Å². The Balaban J connectivity index is 1.67. The molecule has 0 aliphatic carbocycles. The van der Waals surface area contributed by atoms with Crippen molar-refractivity contribution in [2.45, 2.75) is 32.6 Å². The van der Waals surface area contributed by atoms with E-state index in [9.17, 15) is 9.59 Å². The molecule has 1 aliphatic heterocycles. The number of aryl methyl sites for hydroxylation is 1. The van der Waals surface area contributed by atoms with Crippen LogP contribution in [0.4, 0.5) is 5.69 Å². The second kappa shape index (κ2) is 8.67. The highest BCUT2D eigenvalue weighted by Crippen LogP contribution is 2.10. The Labute approximate surface area is 138 Å². The first-order chi connectivity index (χ1) is 11.0. The second-order valence-corrected chi connectivity index (χ2v) is 6.31. The summed E-state index contributed by atoms with van der Waals surface area (Å²) in [6.45, 7) is 6.08. The quantitative estimate of drug-likeness (QED) is 0.785. The molecular formula is C18H27N3O2. The third-order valence-electron chi connectivity index (χ3n) is 4.24. The fourth-order valence-electron chi connectivity index (χ4n) is 2.78. The van der Waals surface area contributed by atoms with Gasteiger partial charge in [-0.2, -0.15) is 0 Å². The molecule has 0 bridgehead atoms. The number of rotatable bonds is 7. The summed E-state index contributed by atoms with van der Waals surface area (Å²) in [5, 5.41) is 2.76. The molecule has 5 nitrogen and oxygen atoms in total. The number of likely N-dealkylation sites (tertiary alicyclic amines) is 1. The lowest BCUT2D eigenvalue weighted by Crippen LogP contribution is -2.33. The minimum absolute atomic E-state index is 0.103. The lowest BCUT2D eigenvalue weighted by atomic mass is 10.2. The maximum absolute atomic E-state index is 12.1. The summed E-state index contributed by atoms with van der Waals surface area (Å²) in [5.74, 6) is -0.388. The van der Waals surface area contributed by atoms with Crippen molar-refractivity contribution >= 4 is 17.5 Å². The van der Waals surface area contributed by atoms with Crippen LogP contribution in [0.25, 0.3) is 0 Å². The van der Waals surface area contributed by atoms with Gasteiger partial charge in [0.15, 0.2) is 0 Å². The summed E-state index contributed by atoms with van der Waals surface area (Å²) >= 11 is 0. The van der Waals surface area contributed by atoms with Gasteiger partial charge in [0.05, 0.1) is 0 Å². The molecule has 0 aromatic heterocycles. The van der Waals surface area contributed by atoms with Crippen LogP contribution in [0.15, 0.2) is 24.3 Å². The van der Waals surface area contributed by atoms with E-state index in [0.29, 0.717) is 6.54 Å². The van der Waals surface area contributed by atoms with E-state index in [-0.39, 0.29) is 18.2 Å². The number of carbonyl (C=O) groups is 2. The van der Waals surface area contributed by atoms with Crippen molar-refractivity contribution in [2.24, 2.45) is 0 Å². The monoisotopic (exact) mass is 317 g/mol. The third-order valence-corrected chi connectivity index (χ3v) is 4.24. The second-order valence-electron chi connectivity index (χ2n) is 6.31. The predicted molar refractivity (Wildman–Crippen MR) is 92.4 cm³/mol. The molecule has 2 rings (SSSR count). The number of hydrogen-bond acceptors (Lipinski definition) is 3. The molecule has 2 amide bonds. The fraction of sp³-hybridized carbons (Fsp3) is 0.556. The van der Waals surface area contributed by atoms with E-state index in [0.717, 1.165) is 24.2 Å². The van der Waals surface area contributed by atoms with E-state index in [1.54, 1.807) is 11.9 Å². The summed E-state index contributed by atoms with van der Waals surface area (Å²) in [6.07, 6.45) is 3.43. The van der Waals surface area contributed by atoms with Crippen LogP contribution in [0, 0.1) is 6.92 Å². The zero-order chi connectivity index (χ0) is 16.7. The van der Waals surface area contributed by atoms with Crippen molar-refractivity contribution in [3.63, 3.8) is 0 Å². The SMILES string of the molecule is Cc1ccc(NC(=O)CC(=O)N(C)CCCN2CCCC2)cc1. The van der Waals surface area contributed by atoms with E-state index in [2.05, 4.69) is 10.2 Å². The lowest BCUT2D eigenvalue weighted by Gasteiger charge is -2.19. The number of nitrogens with zero attached hydrogens (tertiary/aromatic N) is 2. The summed E-state index contributed by atoms with van der Waals surface area (Å²) in [6, 6.07) is 7.55. The van der Waals surface area contributed by atoms with Crippen molar-refractivity contribution in [1.82, 2.24) is 9.80 Å². The maximum atomic E-state index is 12.1. The Kier molecular flexibility index (Phi) is 6.59. The molecule has 126 valence electrons. The minimum atomic E-state index is -0.259. The van der Waals surface area contributed by atoms with Gasteiger partial charge in [-0.15, -0.1) is 0 Å². The number of hydrogen-bond donors (Lipinski definition) is 1. The average molecular weight is 317 g/mol. The van der Waals surface area contributed by atoms with Gasteiger partial charge < -0.3 is 15.1 Å². The highest BCUT2D eigenvalue weighted by Gasteiger charge is 2.15. The summed E-state index contributed by atoms with van der Waals surface area (Å²) in [4.78, 5) is 28.1. The molecular weight excluding hydrogens is 290 g/mol. The highest BCUT2D eigenvalue weighted by atomic mass is 16.2. The zero-order valence-corrected chi connectivity index (χ0v) is 14.2. The van der Waals surface area contributed by atoms with Gasteiger partial charge in [0.2, 0.25) is 11.8 Å².